The number of benzene rings is 3. The molecule has 10 rings (SSSR count). The van der Waals surface area contributed by atoms with Gasteiger partial charge in [0.2, 0.25) is 0 Å². The van der Waals surface area contributed by atoms with Crippen molar-refractivity contribution in [3.8, 4) is 0 Å². The van der Waals surface area contributed by atoms with Crippen LogP contribution in [-0.4, -0.2) is 34.3 Å². The number of pyridine rings is 1. The molecule has 5 aromatic rings. The maximum atomic E-state index is 14.0. The Morgan fingerprint density at radius 2 is 1.33 bits per heavy atom. The fourth-order valence-electron chi connectivity index (χ4n) is 7.44. The quantitative estimate of drug-likeness (QED) is 0.254. The van der Waals surface area contributed by atoms with E-state index in [2.05, 4.69) is 0 Å². The highest BCUT2D eigenvalue weighted by Gasteiger charge is 2.53. The van der Waals surface area contributed by atoms with Gasteiger partial charge in [0, 0.05) is 61.1 Å². The van der Waals surface area contributed by atoms with Crippen molar-refractivity contribution < 1.29 is 19.2 Å². The van der Waals surface area contributed by atoms with Crippen molar-refractivity contribution in [2.45, 2.75) is 5.92 Å². The summed E-state index contributed by atoms with van der Waals surface area (Å²) in [7, 11) is 0. The number of hydrogen-bond acceptors (Lipinski definition) is 7. The molecule has 43 heavy (non-hydrogen) atoms. The smallest absolute Gasteiger partial charge is 0.267 e. The molecule has 3 aromatic carbocycles. The van der Waals surface area contributed by atoms with E-state index in [-0.39, 0.29) is 17.7 Å². The van der Waals surface area contributed by atoms with Crippen LogP contribution in [0.3, 0.4) is 0 Å². The van der Waals surface area contributed by atoms with Crippen LogP contribution in [0.15, 0.2) is 95.3 Å². The number of carbonyl (C=O) groups excluding carboxylic acids is 4. The molecule has 5 heterocycles. The van der Waals surface area contributed by atoms with Crippen LogP contribution in [0, 0.1) is 5.92 Å². The molecule has 5 aliphatic rings. The van der Waals surface area contributed by atoms with Crippen LogP contribution in [0.25, 0.3) is 26.9 Å². The molecule has 1 fully saturated rings. The first kappa shape index (κ1) is 23.1. The minimum Gasteiger partial charge on any atom is -0.269 e. The molecule has 0 bridgehead atoms. The number of anilines is 2. The zero-order valence-electron chi connectivity index (χ0n) is 22.1. The summed E-state index contributed by atoms with van der Waals surface area (Å²) in [5.74, 6) is -2.41. The van der Waals surface area contributed by atoms with Crippen molar-refractivity contribution in [1.82, 2.24) is 4.98 Å². The standard InChI is InChI=1S/C34H16N4O4S/c39-31-17-11-21-25-26-22(43-21)12-18-24-20(34(42)38(32(18)40)16-9-5-2-6-10-16)14-36-30(28(24)26)29-27(25)23(17)19(13-35-29)33(41)37(31)15-7-3-1-4-8-15/h1-14,23,27H. The molecule has 2 unspecified atom stereocenters. The Morgan fingerprint density at radius 3 is 2.05 bits per heavy atom. The lowest BCUT2D eigenvalue weighted by Crippen LogP contribution is -2.51. The number of carbonyl (C=O) groups is 4. The molecule has 4 amide bonds. The molecule has 3 aliphatic heterocycles. The molecule has 8 nitrogen and oxygen atoms in total. The second kappa shape index (κ2) is 7.64. The van der Waals surface area contributed by atoms with E-state index in [0.717, 1.165) is 25.9 Å². The van der Waals surface area contributed by atoms with E-state index in [1.807, 2.05) is 24.3 Å². The van der Waals surface area contributed by atoms with Gasteiger partial charge in [0.1, 0.15) is 0 Å². The number of fused-ring (bicyclic) bond motifs is 1. The van der Waals surface area contributed by atoms with Crippen LogP contribution in [0.4, 0.5) is 11.4 Å². The number of imide groups is 2. The van der Waals surface area contributed by atoms with Crippen molar-refractivity contribution in [3.63, 3.8) is 0 Å². The molecule has 2 aromatic heterocycles. The van der Waals surface area contributed by atoms with E-state index in [0.29, 0.717) is 50.4 Å². The number of rotatable bonds is 2. The van der Waals surface area contributed by atoms with Gasteiger partial charge in [-0.05, 0) is 42.0 Å². The predicted octanol–water partition coefficient (Wildman–Crippen LogP) is 5.62. The lowest BCUT2D eigenvalue weighted by molar-refractivity contribution is -0.124. The fourth-order valence-corrected chi connectivity index (χ4v) is 8.69. The van der Waals surface area contributed by atoms with Gasteiger partial charge in [0.05, 0.1) is 33.9 Å². The molecule has 0 saturated carbocycles. The maximum Gasteiger partial charge on any atom is 0.267 e. The molecule has 202 valence electrons. The van der Waals surface area contributed by atoms with Crippen molar-refractivity contribution >= 4 is 79.0 Å². The summed E-state index contributed by atoms with van der Waals surface area (Å²) in [5.41, 5.74) is 5.01. The Balaban J connectivity index is 1.27. The van der Waals surface area contributed by atoms with Gasteiger partial charge in [-0.2, -0.15) is 0 Å². The van der Waals surface area contributed by atoms with Crippen LogP contribution in [-0.2, 0) is 9.59 Å². The van der Waals surface area contributed by atoms with Gasteiger partial charge in [-0.15, -0.1) is 11.3 Å². The molecule has 2 aliphatic carbocycles. The van der Waals surface area contributed by atoms with E-state index < -0.39 is 17.7 Å². The number of piperidine rings is 1. The third-order valence-electron chi connectivity index (χ3n) is 9.15. The zero-order chi connectivity index (χ0) is 28.7. The highest BCUT2D eigenvalue weighted by atomic mass is 32.1. The van der Waals surface area contributed by atoms with E-state index in [1.165, 1.54) is 27.3 Å². The third kappa shape index (κ3) is 2.62. The van der Waals surface area contributed by atoms with Gasteiger partial charge in [0.25, 0.3) is 23.6 Å². The molecule has 9 heteroatoms. The molecule has 0 N–H and O–H groups in total. The van der Waals surface area contributed by atoms with E-state index >= 15 is 0 Å². The summed E-state index contributed by atoms with van der Waals surface area (Å²) in [5, 5.41) is 2.24. The first-order chi connectivity index (χ1) is 21.0. The highest BCUT2D eigenvalue weighted by Crippen LogP contribution is 2.58. The minimum absolute atomic E-state index is 0.347. The van der Waals surface area contributed by atoms with E-state index in [1.54, 1.807) is 54.7 Å². The van der Waals surface area contributed by atoms with Crippen molar-refractivity contribution in [3.05, 3.63) is 118 Å². The van der Waals surface area contributed by atoms with Crippen molar-refractivity contribution in [2.24, 2.45) is 10.9 Å². The van der Waals surface area contributed by atoms with Crippen molar-refractivity contribution in [1.29, 1.82) is 0 Å². The second-order valence-electron chi connectivity index (χ2n) is 11.2. The number of amides is 4. The number of para-hydroxylation sites is 2. The summed E-state index contributed by atoms with van der Waals surface area (Å²) in [6, 6.07) is 19.7. The zero-order valence-corrected chi connectivity index (χ0v) is 22.9. The van der Waals surface area contributed by atoms with Crippen molar-refractivity contribution in [2.75, 3.05) is 9.80 Å². The lowest BCUT2D eigenvalue weighted by Gasteiger charge is -2.43. The Hall–Kier alpha value is -5.54. The topological polar surface area (TPSA) is 100 Å². The Kier molecular flexibility index (Phi) is 4.10. The van der Waals surface area contributed by atoms with Crippen LogP contribution in [0.1, 0.15) is 42.8 Å². The average Bonchev–Trinajstić information content (AvgIpc) is 3.42. The largest absolute Gasteiger partial charge is 0.269 e. The lowest BCUT2D eigenvalue weighted by atomic mass is 9.64. The first-order valence-electron chi connectivity index (χ1n) is 13.8. The number of aromatic nitrogens is 1. The molecule has 1 saturated heterocycles. The van der Waals surface area contributed by atoms with E-state index in [4.69, 9.17) is 9.98 Å². The Bertz CT molecular complexity index is 2330. The summed E-state index contributed by atoms with van der Waals surface area (Å²) < 4.78 is 0.868. The van der Waals surface area contributed by atoms with Crippen LogP contribution in [0.2, 0.25) is 0 Å². The van der Waals surface area contributed by atoms with Crippen LogP contribution in [0.5, 0.6) is 0 Å². The molecule has 0 radical (unpaired) electrons. The predicted molar refractivity (Wildman–Crippen MR) is 162 cm³/mol. The molecular formula is C34H16N4O4S. The molecular weight excluding hydrogens is 560 g/mol. The number of aliphatic imine (C=N–C) groups is 1. The number of thiophene rings is 1. The Morgan fingerprint density at radius 1 is 0.674 bits per heavy atom. The highest BCUT2D eigenvalue weighted by molar-refractivity contribution is 7.20. The van der Waals surface area contributed by atoms with Gasteiger partial charge in [0.15, 0.2) is 0 Å². The van der Waals surface area contributed by atoms with Gasteiger partial charge >= 0.3 is 0 Å². The van der Waals surface area contributed by atoms with E-state index in [9.17, 15) is 19.2 Å². The third-order valence-corrected chi connectivity index (χ3v) is 10.3. The summed E-state index contributed by atoms with van der Waals surface area (Å²) in [4.78, 5) is 68.6. The first-order valence-corrected chi connectivity index (χ1v) is 14.6. The second-order valence-corrected chi connectivity index (χ2v) is 12.2. The molecule has 0 spiro atoms. The molecule has 2 atom stereocenters. The summed E-state index contributed by atoms with van der Waals surface area (Å²) >= 11 is 1.50. The maximum absolute atomic E-state index is 14.0. The fraction of sp³-hybridized carbons (Fsp3) is 0.0588. The summed E-state index contributed by atoms with van der Waals surface area (Å²) in [6.45, 7) is 0. The normalized spacial score (nSPS) is 21.1. The van der Waals surface area contributed by atoms with Crippen LogP contribution >= 0.6 is 11.3 Å². The van der Waals surface area contributed by atoms with Gasteiger partial charge in [-0.3, -0.25) is 29.2 Å². The van der Waals surface area contributed by atoms with Gasteiger partial charge < -0.3 is 0 Å². The minimum atomic E-state index is -0.494. The Labute approximate surface area is 246 Å². The summed E-state index contributed by atoms with van der Waals surface area (Å²) in [6.07, 6.45) is 5.00. The van der Waals surface area contributed by atoms with Gasteiger partial charge in [-0.1, -0.05) is 36.4 Å². The average molecular weight is 577 g/mol. The SMILES string of the molecule is O=C1C2=CN=C3c4ncc5c6c(cc7sc8c(c7c46)C3C2C(=C8)C(=O)N1c1ccccc1)C(=O)N(c1ccccc1)C5=O. The number of nitrogens with zero attached hydrogens (tertiary/aromatic N) is 4. The van der Waals surface area contributed by atoms with Gasteiger partial charge in [-0.25, -0.2) is 9.80 Å². The number of hydrogen-bond donors (Lipinski definition) is 0. The monoisotopic (exact) mass is 576 g/mol. The van der Waals surface area contributed by atoms with Crippen LogP contribution < -0.4 is 9.80 Å².